The fourth-order valence-electron chi connectivity index (χ4n) is 1.26. The van der Waals surface area contributed by atoms with Gasteiger partial charge >= 0.3 is 18.3 Å². The Kier molecular flexibility index (Phi) is 7.26. The number of alkyl halides is 8. The van der Waals surface area contributed by atoms with Gasteiger partial charge in [-0.15, -0.1) is 0 Å². The molecule has 0 aliphatic rings. The van der Waals surface area contributed by atoms with Gasteiger partial charge in [0, 0.05) is 6.42 Å². The smallest absolute Gasteiger partial charge is 0.426 e. The third-order valence-corrected chi connectivity index (χ3v) is 6.29. The van der Waals surface area contributed by atoms with Gasteiger partial charge in [-0.3, -0.25) is 4.79 Å². The van der Waals surface area contributed by atoms with Crippen LogP contribution in [0.5, 0.6) is 0 Å². The van der Waals surface area contributed by atoms with Crippen LogP contribution >= 0.6 is 45.2 Å². The van der Waals surface area contributed by atoms with Gasteiger partial charge in [0.15, 0.2) is 0 Å². The van der Waals surface area contributed by atoms with Gasteiger partial charge in [-0.2, -0.15) is 26.3 Å². The lowest BCUT2D eigenvalue weighted by Gasteiger charge is -2.34. The van der Waals surface area contributed by atoms with Crippen LogP contribution in [0.3, 0.4) is 0 Å². The molecule has 0 aromatic rings. The Labute approximate surface area is 149 Å². The topological polar surface area (TPSA) is 72.5 Å². The van der Waals surface area contributed by atoms with Crippen LogP contribution in [0.25, 0.3) is 0 Å². The van der Waals surface area contributed by atoms with Crippen molar-refractivity contribution in [1.29, 1.82) is 0 Å². The number of nitrogens with two attached hydrogens (primary N) is 1. The van der Waals surface area contributed by atoms with Gasteiger partial charge < -0.3 is 15.6 Å². The van der Waals surface area contributed by atoms with Crippen molar-refractivity contribution in [1.82, 2.24) is 0 Å². The number of halogens is 8. The summed E-state index contributed by atoms with van der Waals surface area (Å²) in [6.45, 7) is 2.14. The molecule has 0 radical (unpaired) electrons. The van der Waals surface area contributed by atoms with Crippen LogP contribution in [0.2, 0.25) is 0 Å². The molecule has 0 aliphatic carbocycles. The first-order chi connectivity index (χ1) is 9.47. The second kappa shape index (κ2) is 7.13. The van der Waals surface area contributed by atoms with Crippen molar-refractivity contribution in [3.63, 3.8) is 0 Å². The van der Waals surface area contributed by atoms with E-state index in [1.54, 1.807) is 45.2 Å². The Balaban J connectivity index is 5.18. The summed E-state index contributed by atoms with van der Waals surface area (Å²) in [6.07, 6.45) is -15.6. The van der Waals surface area contributed by atoms with E-state index in [0.717, 1.165) is 6.92 Å². The summed E-state index contributed by atoms with van der Waals surface area (Å²) in [6, 6.07) is 0. The normalized spacial score (nSPS) is 19.3. The highest BCUT2D eigenvalue weighted by molar-refractivity contribution is 14.1. The molecule has 0 saturated carbocycles. The average molecular weight is 563 g/mol. The van der Waals surface area contributed by atoms with Gasteiger partial charge in [-0.1, -0.05) is 45.2 Å². The average Bonchev–Trinajstić information content (AvgIpc) is 2.24. The zero-order valence-electron chi connectivity index (χ0n) is 11.2. The number of ether oxygens (including phenoxy) is 1. The highest BCUT2D eigenvalue weighted by Crippen LogP contribution is 2.46. The largest absolute Gasteiger partial charge is 0.461 e. The summed E-state index contributed by atoms with van der Waals surface area (Å²) in [5.41, 5.74) is 0.517. The quantitative estimate of drug-likeness (QED) is 0.178. The molecule has 0 heterocycles. The second-order valence-electron chi connectivity index (χ2n) is 4.75. The first-order valence-electron chi connectivity index (χ1n) is 5.62. The number of carbonyl (C=O) groups is 1. The molecule has 22 heavy (non-hydrogen) atoms. The molecule has 0 aromatic heterocycles. The van der Waals surface area contributed by atoms with E-state index < -0.39 is 43.9 Å². The lowest BCUT2D eigenvalue weighted by Crippen LogP contribution is -2.58. The molecule has 3 atom stereocenters. The Bertz CT molecular complexity index is 396. The first-order valence-corrected chi connectivity index (χ1v) is 7.94. The van der Waals surface area contributed by atoms with Gasteiger partial charge in [-0.05, 0) is 13.8 Å². The van der Waals surface area contributed by atoms with Crippen molar-refractivity contribution in [2.45, 2.75) is 51.8 Å². The minimum Gasteiger partial charge on any atom is -0.461 e. The summed E-state index contributed by atoms with van der Waals surface area (Å²) in [5, 5.41) is 9.01. The monoisotopic (exact) mass is 563 g/mol. The third kappa shape index (κ3) is 4.96. The van der Waals surface area contributed by atoms with Crippen molar-refractivity contribution in [3.8, 4) is 0 Å². The van der Waals surface area contributed by atoms with Crippen LogP contribution in [0, 0.1) is 0 Å². The maximum absolute atomic E-state index is 12.5. The Morgan fingerprint density at radius 2 is 1.59 bits per heavy atom. The molecule has 0 amide bonds. The van der Waals surface area contributed by atoms with Gasteiger partial charge in [0.05, 0.1) is 4.05 Å². The summed E-state index contributed by atoms with van der Waals surface area (Å²) >= 11 is 3.24. The lowest BCUT2D eigenvalue weighted by atomic mass is 9.95. The molecule has 0 bridgehead atoms. The highest BCUT2D eigenvalue weighted by atomic mass is 127. The van der Waals surface area contributed by atoms with Crippen LogP contribution in [0.1, 0.15) is 20.3 Å². The van der Waals surface area contributed by atoms with Crippen molar-refractivity contribution < 1.29 is 41.0 Å². The van der Waals surface area contributed by atoms with Crippen molar-refractivity contribution in [3.05, 3.63) is 0 Å². The van der Waals surface area contributed by atoms with E-state index in [4.69, 9.17) is 10.8 Å². The van der Waals surface area contributed by atoms with E-state index in [2.05, 4.69) is 4.74 Å². The molecule has 0 aliphatic heterocycles. The highest BCUT2D eigenvalue weighted by Gasteiger charge is 2.70. The van der Waals surface area contributed by atoms with Crippen molar-refractivity contribution in [2.24, 2.45) is 5.73 Å². The fourth-order valence-corrected chi connectivity index (χ4v) is 1.64. The SMILES string of the molecule is CC(CC(O)(C(F)(F)F)C(F)(F)F)OC(=O)C(C)(I)C(N)I. The van der Waals surface area contributed by atoms with Crippen LogP contribution in [0.15, 0.2) is 0 Å². The van der Waals surface area contributed by atoms with E-state index in [-0.39, 0.29) is 0 Å². The van der Waals surface area contributed by atoms with Crippen LogP contribution < -0.4 is 5.73 Å². The van der Waals surface area contributed by atoms with E-state index in [9.17, 15) is 31.1 Å². The minimum atomic E-state index is -5.96. The lowest BCUT2D eigenvalue weighted by molar-refractivity contribution is -0.373. The minimum absolute atomic E-state index is 0.783. The number of rotatable bonds is 5. The summed E-state index contributed by atoms with van der Waals surface area (Å²) in [5.74, 6) is -1.07. The zero-order valence-corrected chi connectivity index (χ0v) is 15.5. The van der Waals surface area contributed by atoms with Crippen molar-refractivity contribution in [2.75, 3.05) is 0 Å². The number of hydrogen-bond donors (Lipinski definition) is 2. The Morgan fingerprint density at radius 3 is 1.86 bits per heavy atom. The van der Waals surface area contributed by atoms with E-state index >= 15 is 0 Å². The van der Waals surface area contributed by atoms with Crippen LogP contribution in [-0.2, 0) is 9.53 Å². The first kappa shape index (κ1) is 22.4. The molecule has 0 fully saturated rings. The number of aliphatic hydroxyl groups is 1. The Morgan fingerprint density at radius 1 is 1.23 bits per heavy atom. The Hall–Kier alpha value is 0.430. The number of esters is 1. The molecule has 4 nitrogen and oxygen atoms in total. The molecule has 3 unspecified atom stereocenters. The summed E-state index contributed by atoms with van der Waals surface area (Å²) in [7, 11) is 0. The number of carbonyl (C=O) groups excluding carboxylic acids is 1. The van der Waals surface area contributed by atoms with Gasteiger partial charge in [0.2, 0.25) is 0 Å². The molecule has 132 valence electrons. The molecular formula is C10H13F6I2NO3. The summed E-state index contributed by atoms with van der Waals surface area (Å²) in [4.78, 5) is 11.7. The van der Waals surface area contributed by atoms with Gasteiger partial charge in [0.25, 0.3) is 5.60 Å². The molecule has 0 spiro atoms. The standard InChI is InChI=1S/C10H13F6I2NO3/c1-4(22-6(20)7(2,18)5(17)19)3-8(21,9(11,12)13)10(14,15)16/h4-5,21H,3,19H2,1-2H3. The van der Waals surface area contributed by atoms with E-state index in [1.807, 2.05) is 0 Å². The third-order valence-electron chi connectivity index (χ3n) is 2.75. The van der Waals surface area contributed by atoms with E-state index in [1.165, 1.54) is 6.92 Å². The van der Waals surface area contributed by atoms with Crippen LogP contribution in [0.4, 0.5) is 26.3 Å². The molecule has 0 aromatic carbocycles. The molecule has 12 heteroatoms. The second-order valence-corrected chi connectivity index (χ2v) is 8.34. The van der Waals surface area contributed by atoms with Gasteiger partial charge in [0.1, 0.15) is 9.53 Å². The fraction of sp³-hybridized carbons (Fsp3) is 0.900. The van der Waals surface area contributed by atoms with E-state index in [0.29, 0.717) is 0 Å². The predicted octanol–water partition coefficient (Wildman–Crippen LogP) is 3.08. The predicted molar refractivity (Wildman–Crippen MR) is 81.7 cm³/mol. The summed E-state index contributed by atoms with van der Waals surface area (Å²) < 4.78 is 77.6. The van der Waals surface area contributed by atoms with Gasteiger partial charge in [-0.25, -0.2) is 0 Å². The molecule has 3 N–H and O–H groups in total. The van der Waals surface area contributed by atoms with Crippen molar-refractivity contribution >= 4 is 51.2 Å². The number of hydrogen-bond acceptors (Lipinski definition) is 4. The zero-order chi connectivity index (χ0) is 18.1. The van der Waals surface area contributed by atoms with Crippen LogP contribution in [-0.4, -0.2) is 42.6 Å². The molecule has 0 rings (SSSR count). The molecular weight excluding hydrogens is 550 g/mol. The molecule has 0 saturated heterocycles. The maximum atomic E-state index is 12.5. The maximum Gasteiger partial charge on any atom is 0.426 e.